The van der Waals surface area contributed by atoms with Crippen LogP contribution in [0.3, 0.4) is 0 Å². The monoisotopic (exact) mass is 426 g/mol. The van der Waals surface area contributed by atoms with Crippen molar-refractivity contribution in [2.24, 2.45) is 56.7 Å². The van der Waals surface area contributed by atoms with Crippen LogP contribution in [0.2, 0.25) is 0 Å². The highest BCUT2D eigenvalue weighted by molar-refractivity contribution is 5.34. The molecule has 0 heterocycles. The molecule has 1 nitrogen and oxygen atoms in total. The molecule has 0 aromatic heterocycles. The number of aliphatic hydroxyl groups is 1. The number of allylic oxidation sites excluding steroid dienone is 2. The third-order valence-corrected chi connectivity index (χ3v) is 13.3. The molecule has 0 aromatic rings. The van der Waals surface area contributed by atoms with E-state index in [1.807, 2.05) is 5.57 Å². The first-order chi connectivity index (χ1) is 14.3. The van der Waals surface area contributed by atoms with Gasteiger partial charge >= 0.3 is 0 Å². The second-order valence-corrected chi connectivity index (χ2v) is 14.7. The van der Waals surface area contributed by atoms with E-state index in [0.717, 1.165) is 30.1 Å². The summed E-state index contributed by atoms with van der Waals surface area (Å²) < 4.78 is 0. The van der Waals surface area contributed by atoms with E-state index in [4.69, 9.17) is 0 Å². The Morgan fingerprint density at radius 1 is 0.806 bits per heavy atom. The van der Waals surface area contributed by atoms with Crippen molar-refractivity contribution in [1.29, 1.82) is 0 Å². The molecule has 176 valence electrons. The number of rotatable bonds is 1. The van der Waals surface area contributed by atoms with Gasteiger partial charge in [0.15, 0.2) is 0 Å². The number of fused-ring (bicyclic) bond motifs is 7. The van der Waals surface area contributed by atoms with Crippen LogP contribution in [0.15, 0.2) is 11.6 Å². The highest BCUT2D eigenvalue weighted by atomic mass is 16.3. The van der Waals surface area contributed by atoms with Crippen LogP contribution in [0, 0.1) is 56.7 Å². The van der Waals surface area contributed by atoms with Crippen LogP contribution in [0.1, 0.15) is 113 Å². The summed E-state index contributed by atoms with van der Waals surface area (Å²) in [6.45, 7) is 20.4. The summed E-state index contributed by atoms with van der Waals surface area (Å²) in [5.74, 6) is 3.98. The van der Waals surface area contributed by atoms with Crippen LogP contribution in [0.4, 0.5) is 0 Å². The second kappa shape index (κ2) is 6.64. The van der Waals surface area contributed by atoms with Gasteiger partial charge in [-0.3, -0.25) is 0 Å². The van der Waals surface area contributed by atoms with Crippen LogP contribution in [0.25, 0.3) is 0 Å². The van der Waals surface area contributed by atoms with Gasteiger partial charge in [-0.2, -0.15) is 0 Å². The van der Waals surface area contributed by atoms with Crippen molar-refractivity contribution in [3.63, 3.8) is 0 Å². The molecule has 31 heavy (non-hydrogen) atoms. The molecule has 9 atom stereocenters. The van der Waals surface area contributed by atoms with E-state index in [2.05, 4.69) is 61.5 Å². The zero-order valence-electron chi connectivity index (χ0n) is 21.9. The molecule has 0 radical (unpaired) electrons. The van der Waals surface area contributed by atoms with Crippen molar-refractivity contribution in [2.75, 3.05) is 0 Å². The van der Waals surface area contributed by atoms with E-state index >= 15 is 0 Å². The largest absolute Gasteiger partial charge is 0.393 e. The Kier molecular flexibility index (Phi) is 4.82. The molecule has 4 fully saturated rings. The summed E-state index contributed by atoms with van der Waals surface area (Å²) in [7, 11) is 0. The van der Waals surface area contributed by atoms with Crippen molar-refractivity contribution < 1.29 is 5.11 Å². The average molecular weight is 427 g/mol. The standard InChI is InChI=1S/C30H50O/c1-19(2)20-9-10-21-22-11-12-24-28(6)15-14-25(31)26(3,4)23(28)13-16-30(24,8)29(22,7)18-17-27(20,21)5/h11,19-21,23-25,31H,9-10,12-18H2,1-8H3/t20-,21+,23+,24-,25-,27-,28+,29-,30-/m1/s1. The van der Waals surface area contributed by atoms with Crippen LogP contribution in [-0.4, -0.2) is 11.2 Å². The fourth-order valence-corrected chi connectivity index (χ4v) is 11.2. The third-order valence-electron chi connectivity index (χ3n) is 13.3. The summed E-state index contributed by atoms with van der Waals surface area (Å²) in [5.41, 5.74) is 3.64. The number of hydrogen-bond acceptors (Lipinski definition) is 1. The Morgan fingerprint density at radius 2 is 1.52 bits per heavy atom. The van der Waals surface area contributed by atoms with Gasteiger partial charge in [-0.05, 0) is 114 Å². The van der Waals surface area contributed by atoms with Crippen LogP contribution >= 0.6 is 0 Å². The SMILES string of the molecule is CC(C)[C@H]1CC[C@H]2C3=CC[C@@H]4[C@@]5(C)CC[C@@H](O)C(C)(C)[C@@H]5CC[C@@]4(C)[C@]3(C)CC[C@]12C. The van der Waals surface area contributed by atoms with Gasteiger partial charge in [-0.15, -0.1) is 0 Å². The van der Waals surface area contributed by atoms with Gasteiger partial charge in [0.25, 0.3) is 0 Å². The van der Waals surface area contributed by atoms with Crippen molar-refractivity contribution in [2.45, 2.75) is 119 Å². The van der Waals surface area contributed by atoms with Gasteiger partial charge in [-0.1, -0.05) is 67.0 Å². The minimum absolute atomic E-state index is 0.0559. The van der Waals surface area contributed by atoms with Gasteiger partial charge in [-0.25, -0.2) is 0 Å². The molecule has 1 heteroatoms. The Labute approximate surface area is 192 Å². The minimum Gasteiger partial charge on any atom is -0.393 e. The molecule has 0 aromatic carbocycles. The first kappa shape index (κ1) is 22.5. The fourth-order valence-electron chi connectivity index (χ4n) is 11.2. The smallest absolute Gasteiger partial charge is 0.0594 e. The van der Waals surface area contributed by atoms with E-state index in [0.29, 0.717) is 27.6 Å². The normalized spacial score (nSPS) is 55.7. The molecule has 0 aliphatic heterocycles. The summed E-state index contributed by atoms with van der Waals surface area (Å²) in [6.07, 6.45) is 14.6. The molecule has 0 unspecified atom stereocenters. The Bertz CT molecular complexity index is 777. The summed E-state index contributed by atoms with van der Waals surface area (Å²) in [4.78, 5) is 0. The molecular formula is C30H50O. The van der Waals surface area contributed by atoms with E-state index in [1.165, 1.54) is 51.4 Å². The molecule has 5 aliphatic carbocycles. The molecule has 0 bridgehead atoms. The Morgan fingerprint density at radius 3 is 2.19 bits per heavy atom. The Balaban J connectivity index is 1.55. The fraction of sp³-hybridized carbons (Fsp3) is 0.933. The maximum Gasteiger partial charge on any atom is 0.0594 e. The summed E-state index contributed by atoms with van der Waals surface area (Å²) >= 11 is 0. The van der Waals surface area contributed by atoms with Crippen LogP contribution in [-0.2, 0) is 0 Å². The van der Waals surface area contributed by atoms with Crippen molar-refractivity contribution in [1.82, 2.24) is 0 Å². The summed E-state index contributed by atoms with van der Waals surface area (Å²) in [6, 6.07) is 0. The molecule has 0 saturated heterocycles. The lowest BCUT2D eigenvalue weighted by atomic mass is 9.34. The van der Waals surface area contributed by atoms with E-state index in [-0.39, 0.29) is 11.5 Å². The summed E-state index contributed by atoms with van der Waals surface area (Å²) in [5, 5.41) is 10.9. The maximum atomic E-state index is 10.9. The van der Waals surface area contributed by atoms with E-state index < -0.39 is 0 Å². The lowest BCUT2D eigenvalue weighted by Gasteiger charge is -2.70. The quantitative estimate of drug-likeness (QED) is 0.421. The van der Waals surface area contributed by atoms with Gasteiger partial charge in [0.1, 0.15) is 0 Å². The Hall–Kier alpha value is -0.300. The van der Waals surface area contributed by atoms with Gasteiger partial charge in [0.05, 0.1) is 6.10 Å². The molecule has 5 aliphatic rings. The van der Waals surface area contributed by atoms with Gasteiger partial charge < -0.3 is 5.11 Å². The molecule has 1 N–H and O–H groups in total. The molecule has 0 amide bonds. The molecule has 5 rings (SSSR count). The predicted octanol–water partition coefficient (Wildman–Crippen LogP) is 8.02. The maximum absolute atomic E-state index is 10.9. The van der Waals surface area contributed by atoms with Gasteiger partial charge in [0, 0.05) is 0 Å². The van der Waals surface area contributed by atoms with Crippen molar-refractivity contribution in [3.05, 3.63) is 11.6 Å². The van der Waals surface area contributed by atoms with Gasteiger partial charge in [0.2, 0.25) is 0 Å². The average Bonchev–Trinajstić information content (AvgIpc) is 3.03. The molecular weight excluding hydrogens is 376 g/mol. The molecule has 0 spiro atoms. The van der Waals surface area contributed by atoms with Crippen LogP contribution < -0.4 is 0 Å². The topological polar surface area (TPSA) is 20.2 Å². The minimum atomic E-state index is -0.123. The number of hydrogen-bond donors (Lipinski definition) is 1. The zero-order valence-corrected chi connectivity index (χ0v) is 21.9. The highest BCUT2D eigenvalue weighted by Gasteiger charge is 2.68. The second-order valence-electron chi connectivity index (χ2n) is 14.7. The highest BCUT2D eigenvalue weighted by Crippen LogP contribution is 2.76. The van der Waals surface area contributed by atoms with E-state index in [1.54, 1.807) is 0 Å². The molecule has 4 saturated carbocycles. The first-order valence-electron chi connectivity index (χ1n) is 13.7. The zero-order chi connectivity index (χ0) is 22.6. The lowest BCUT2D eigenvalue weighted by Crippen LogP contribution is -2.64. The lowest BCUT2D eigenvalue weighted by molar-refractivity contribution is -0.201. The van der Waals surface area contributed by atoms with E-state index in [9.17, 15) is 5.11 Å². The van der Waals surface area contributed by atoms with Crippen molar-refractivity contribution >= 4 is 0 Å². The third kappa shape index (κ3) is 2.60. The first-order valence-corrected chi connectivity index (χ1v) is 13.7. The van der Waals surface area contributed by atoms with Crippen LogP contribution in [0.5, 0.6) is 0 Å². The van der Waals surface area contributed by atoms with Crippen molar-refractivity contribution in [3.8, 4) is 0 Å². The predicted molar refractivity (Wildman–Crippen MR) is 131 cm³/mol. The number of aliphatic hydroxyl groups excluding tert-OH is 1.